The third kappa shape index (κ3) is 5.25. The summed E-state index contributed by atoms with van der Waals surface area (Å²) in [7, 11) is 0. The van der Waals surface area contributed by atoms with E-state index >= 15 is 0 Å². The van der Waals surface area contributed by atoms with Gasteiger partial charge in [0.2, 0.25) is 6.19 Å². The van der Waals surface area contributed by atoms with Crippen molar-refractivity contribution in [1.29, 1.82) is 5.26 Å². The molecule has 8 heavy (non-hydrogen) atoms. The van der Waals surface area contributed by atoms with Crippen LogP contribution >= 0.6 is 0 Å². The van der Waals surface area contributed by atoms with Gasteiger partial charge in [0.25, 0.3) is 0 Å². The number of rotatable bonds is 3. The SMILES string of the molecule is CC(C)CONC#N. The van der Waals surface area contributed by atoms with E-state index in [1.165, 1.54) is 0 Å². The van der Waals surface area contributed by atoms with Crippen LogP contribution in [0.1, 0.15) is 13.8 Å². The highest BCUT2D eigenvalue weighted by molar-refractivity contribution is 4.53. The number of nitrogens with zero attached hydrogens (tertiary/aromatic N) is 1. The zero-order valence-corrected chi connectivity index (χ0v) is 5.14. The van der Waals surface area contributed by atoms with Gasteiger partial charge in [-0.25, -0.2) is 5.48 Å². The van der Waals surface area contributed by atoms with E-state index < -0.39 is 0 Å². The van der Waals surface area contributed by atoms with Gasteiger partial charge in [-0.2, -0.15) is 5.26 Å². The molecule has 46 valence electrons. The summed E-state index contributed by atoms with van der Waals surface area (Å²) < 4.78 is 0. The molecular formula is C5H10N2O. The maximum atomic E-state index is 7.89. The van der Waals surface area contributed by atoms with Crippen molar-refractivity contribution in [3.8, 4) is 6.19 Å². The van der Waals surface area contributed by atoms with Crippen molar-refractivity contribution in [2.75, 3.05) is 6.61 Å². The zero-order valence-electron chi connectivity index (χ0n) is 5.14. The van der Waals surface area contributed by atoms with E-state index in [1.54, 1.807) is 6.19 Å². The van der Waals surface area contributed by atoms with Crippen molar-refractivity contribution in [2.45, 2.75) is 13.8 Å². The Morgan fingerprint density at radius 2 is 2.38 bits per heavy atom. The lowest BCUT2D eigenvalue weighted by molar-refractivity contribution is 0.0564. The number of nitriles is 1. The minimum atomic E-state index is 0.468. The van der Waals surface area contributed by atoms with E-state index in [4.69, 9.17) is 5.26 Å². The first-order valence-corrected chi connectivity index (χ1v) is 2.53. The average molecular weight is 114 g/mol. The van der Waals surface area contributed by atoms with Crippen LogP contribution in [0.2, 0.25) is 0 Å². The summed E-state index contributed by atoms with van der Waals surface area (Å²) in [4.78, 5) is 4.63. The van der Waals surface area contributed by atoms with Gasteiger partial charge in [-0.1, -0.05) is 13.8 Å². The Hall–Kier alpha value is -0.750. The largest absolute Gasteiger partial charge is 0.267 e. The van der Waals surface area contributed by atoms with Gasteiger partial charge in [-0.3, -0.25) is 4.84 Å². The third-order valence-corrected chi connectivity index (χ3v) is 0.534. The molecule has 3 heteroatoms. The Balaban J connectivity index is 2.85. The van der Waals surface area contributed by atoms with Crippen molar-refractivity contribution in [3.63, 3.8) is 0 Å². The fourth-order valence-corrected chi connectivity index (χ4v) is 0.241. The molecule has 0 saturated heterocycles. The Morgan fingerprint density at radius 3 is 2.75 bits per heavy atom. The second kappa shape index (κ2) is 4.41. The van der Waals surface area contributed by atoms with E-state index in [-0.39, 0.29) is 0 Å². The third-order valence-electron chi connectivity index (χ3n) is 0.534. The highest BCUT2D eigenvalue weighted by Gasteiger charge is 1.89. The van der Waals surface area contributed by atoms with Gasteiger partial charge in [-0.05, 0) is 5.92 Å². The van der Waals surface area contributed by atoms with Crippen molar-refractivity contribution in [3.05, 3.63) is 0 Å². The molecule has 0 aliphatic heterocycles. The minimum Gasteiger partial charge on any atom is -0.267 e. The number of hydrogen-bond donors (Lipinski definition) is 1. The van der Waals surface area contributed by atoms with Gasteiger partial charge in [0, 0.05) is 0 Å². The van der Waals surface area contributed by atoms with Gasteiger partial charge in [-0.15, -0.1) is 0 Å². The summed E-state index contributed by atoms with van der Waals surface area (Å²) in [6, 6.07) is 0. The summed E-state index contributed by atoms with van der Waals surface area (Å²) in [6.07, 6.45) is 1.65. The zero-order chi connectivity index (χ0) is 6.41. The van der Waals surface area contributed by atoms with Crippen LogP contribution in [0.15, 0.2) is 0 Å². The van der Waals surface area contributed by atoms with Crippen LogP contribution in [0.5, 0.6) is 0 Å². The van der Waals surface area contributed by atoms with Crippen LogP contribution in [0.25, 0.3) is 0 Å². The van der Waals surface area contributed by atoms with E-state index in [0.717, 1.165) is 0 Å². The predicted octanol–water partition coefficient (Wildman–Crippen LogP) is 0.645. The van der Waals surface area contributed by atoms with Crippen molar-refractivity contribution < 1.29 is 4.84 Å². The fraction of sp³-hybridized carbons (Fsp3) is 0.800. The molecule has 0 heterocycles. The second-order valence-corrected chi connectivity index (χ2v) is 1.92. The summed E-state index contributed by atoms with van der Waals surface area (Å²) in [5.41, 5.74) is 2.09. The Kier molecular flexibility index (Phi) is 4.00. The summed E-state index contributed by atoms with van der Waals surface area (Å²) >= 11 is 0. The van der Waals surface area contributed by atoms with Crippen LogP contribution in [0.3, 0.4) is 0 Å². The smallest absolute Gasteiger partial charge is 0.202 e. The quantitative estimate of drug-likeness (QED) is 0.253. The molecule has 0 aliphatic rings. The molecule has 0 fully saturated rings. The first-order chi connectivity index (χ1) is 3.77. The number of hydroxylamine groups is 1. The second-order valence-electron chi connectivity index (χ2n) is 1.92. The van der Waals surface area contributed by atoms with Gasteiger partial charge >= 0.3 is 0 Å². The summed E-state index contributed by atoms with van der Waals surface area (Å²) in [5, 5.41) is 7.89. The molecule has 0 radical (unpaired) electrons. The van der Waals surface area contributed by atoms with Crippen LogP contribution in [-0.4, -0.2) is 6.61 Å². The molecule has 1 N–H and O–H groups in total. The maximum Gasteiger partial charge on any atom is 0.202 e. The van der Waals surface area contributed by atoms with E-state index in [1.807, 2.05) is 13.8 Å². The molecule has 0 bridgehead atoms. The maximum absolute atomic E-state index is 7.89. The molecule has 0 unspecified atom stereocenters. The standard InChI is InChI=1S/C5H10N2O/c1-5(2)3-8-7-4-6/h5,7H,3H2,1-2H3. The molecular weight excluding hydrogens is 104 g/mol. The number of hydrogen-bond acceptors (Lipinski definition) is 3. The Bertz CT molecular complexity index is 84.9. The van der Waals surface area contributed by atoms with Crippen molar-refractivity contribution >= 4 is 0 Å². The molecule has 0 aromatic heterocycles. The van der Waals surface area contributed by atoms with E-state index in [9.17, 15) is 0 Å². The van der Waals surface area contributed by atoms with E-state index in [0.29, 0.717) is 12.5 Å². The van der Waals surface area contributed by atoms with Gasteiger partial charge in [0.15, 0.2) is 0 Å². The van der Waals surface area contributed by atoms with Crippen LogP contribution in [0.4, 0.5) is 0 Å². The summed E-state index contributed by atoms with van der Waals surface area (Å²) in [6.45, 7) is 4.60. The highest BCUT2D eigenvalue weighted by atomic mass is 16.6. The molecule has 0 saturated carbocycles. The molecule has 0 amide bonds. The lowest BCUT2D eigenvalue weighted by atomic mass is 10.2. The normalized spacial score (nSPS) is 8.75. The van der Waals surface area contributed by atoms with Crippen LogP contribution in [0, 0.1) is 17.4 Å². The van der Waals surface area contributed by atoms with Gasteiger partial charge in [0.1, 0.15) is 0 Å². The monoisotopic (exact) mass is 114 g/mol. The molecule has 0 aromatic carbocycles. The first kappa shape index (κ1) is 7.25. The average Bonchev–Trinajstić information content (AvgIpc) is 1.66. The van der Waals surface area contributed by atoms with Crippen molar-refractivity contribution in [2.24, 2.45) is 5.92 Å². The molecule has 0 atom stereocenters. The van der Waals surface area contributed by atoms with E-state index in [2.05, 4.69) is 10.3 Å². The Morgan fingerprint density at radius 1 is 1.75 bits per heavy atom. The molecule has 0 aliphatic carbocycles. The number of nitrogens with one attached hydrogen (secondary N) is 1. The van der Waals surface area contributed by atoms with Crippen molar-refractivity contribution in [1.82, 2.24) is 5.48 Å². The molecule has 3 nitrogen and oxygen atoms in total. The lowest BCUT2D eigenvalue weighted by Crippen LogP contribution is -2.11. The predicted molar refractivity (Wildman–Crippen MR) is 29.5 cm³/mol. The topological polar surface area (TPSA) is 45.0 Å². The van der Waals surface area contributed by atoms with Crippen LogP contribution < -0.4 is 5.48 Å². The van der Waals surface area contributed by atoms with Gasteiger partial charge in [0.05, 0.1) is 6.61 Å². The first-order valence-electron chi connectivity index (χ1n) is 2.53. The molecule has 0 rings (SSSR count). The molecule has 0 aromatic rings. The van der Waals surface area contributed by atoms with Crippen LogP contribution in [-0.2, 0) is 4.84 Å². The minimum absolute atomic E-state index is 0.468. The molecule has 0 spiro atoms. The summed E-state index contributed by atoms with van der Waals surface area (Å²) in [5.74, 6) is 0.468. The highest BCUT2D eigenvalue weighted by Crippen LogP contribution is 1.88. The van der Waals surface area contributed by atoms with Gasteiger partial charge < -0.3 is 0 Å². The Labute approximate surface area is 49.2 Å². The fourth-order valence-electron chi connectivity index (χ4n) is 0.241. The lowest BCUT2D eigenvalue weighted by Gasteiger charge is -2.00.